The summed E-state index contributed by atoms with van der Waals surface area (Å²) in [5, 5.41) is 12.6. The molecule has 0 atom stereocenters. The molecule has 0 radical (unpaired) electrons. The molecule has 4 aromatic carbocycles. The Hall–Kier alpha value is -4.31. The fourth-order valence-corrected chi connectivity index (χ4v) is 5.27. The molecule has 4 aromatic rings. The van der Waals surface area contributed by atoms with Gasteiger partial charge >= 0.3 is 0 Å². The summed E-state index contributed by atoms with van der Waals surface area (Å²) in [7, 11) is 0. The standard InChI is InChI=1S/C31H23Cl2N3O5S/c1-2-40-28-17-21(5-16-27(28)41-19-20-3-12-26(13-4-20)36(38)39)18-29-30(37)35(25-14-8-23(33)9-15-25)31(42-29)34-24-10-6-22(32)7-11-24/h3-18H,2,19H2,1H3/b29-18-,34-31?. The van der Waals surface area contributed by atoms with Crippen molar-refractivity contribution >= 4 is 69.2 Å². The summed E-state index contributed by atoms with van der Waals surface area (Å²) >= 11 is 13.4. The van der Waals surface area contributed by atoms with Crippen molar-refractivity contribution in [1.29, 1.82) is 0 Å². The Balaban J connectivity index is 1.42. The van der Waals surface area contributed by atoms with Crippen LogP contribution >= 0.6 is 35.0 Å². The smallest absolute Gasteiger partial charge is 0.271 e. The summed E-state index contributed by atoms with van der Waals surface area (Å²) in [5.41, 5.74) is 2.82. The molecule has 42 heavy (non-hydrogen) atoms. The number of amidine groups is 1. The zero-order valence-corrected chi connectivity index (χ0v) is 24.5. The molecule has 212 valence electrons. The molecule has 0 bridgehead atoms. The highest BCUT2D eigenvalue weighted by atomic mass is 35.5. The third kappa shape index (κ3) is 6.94. The summed E-state index contributed by atoms with van der Waals surface area (Å²) in [6.07, 6.45) is 1.78. The largest absolute Gasteiger partial charge is 0.490 e. The molecule has 0 saturated carbocycles. The van der Waals surface area contributed by atoms with Crippen LogP contribution in [-0.4, -0.2) is 22.6 Å². The summed E-state index contributed by atoms with van der Waals surface area (Å²) in [6.45, 7) is 2.47. The lowest BCUT2D eigenvalue weighted by atomic mass is 10.1. The molecule has 0 spiro atoms. The maximum atomic E-state index is 13.7. The second kappa shape index (κ2) is 13.1. The second-order valence-electron chi connectivity index (χ2n) is 8.95. The van der Waals surface area contributed by atoms with E-state index in [2.05, 4.69) is 0 Å². The van der Waals surface area contributed by atoms with Crippen molar-refractivity contribution in [1.82, 2.24) is 0 Å². The molecular weight excluding hydrogens is 597 g/mol. The Morgan fingerprint density at radius 1 is 0.905 bits per heavy atom. The van der Waals surface area contributed by atoms with E-state index < -0.39 is 4.92 Å². The number of hydrogen-bond donors (Lipinski definition) is 0. The van der Waals surface area contributed by atoms with Gasteiger partial charge < -0.3 is 9.47 Å². The van der Waals surface area contributed by atoms with Crippen LogP contribution in [0.3, 0.4) is 0 Å². The number of amides is 1. The van der Waals surface area contributed by atoms with Crippen LogP contribution in [0, 0.1) is 10.1 Å². The van der Waals surface area contributed by atoms with Crippen molar-refractivity contribution in [3.05, 3.63) is 127 Å². The number of nitro benzene ring substituents is 1. The highest BCUT2D eigenvalue weighted by Gasteiger charge is 2.34. The van der Waals surface area contributed by atoms with Crippen molar-refractivity contribution in [2.75, 3.05) is 11.5 Å². The molecule has 1 aliphatic rings. The molecule has 8 nitrogen and oxygen atoms in total. The van der Waals surface area contributed by atoms with Crippen LogP contribution in [0.4, 0.5) is 17.1 Å². The lowest BCUT2D eigenvalue weighted by Crippen LogP contribution is -2.28. The average Bonchev–Trinajstić information content (AvgIpc) is 3.28. The monoisotopic (exact) mass is 619 g/mol. The number of carbonyl (C=O) groups excluding carboxylic acids is 1. The number of halogens is 2. The molecule has 0 N–H and O–H groups in total. The van der Waals surface area contributed by atoms with E-state index in [1.54, 1.807) is 83.8 Å². The first kappa shape index (κ1) is 29.2. The number of carbonyl (C=O) groups is 1. The fourth-order valence-electron chi connectivity index (χ4n) is 4.02. The molecule has 0 aliphatic carbocycles. The fraction of sp³-hybridized carbons (Fsp3) is 0.0968. The van der Waals surface area contributed by atoms with Crippen LogP contribution in [0.25, 0.3) is 6.08 Å². The van der Waals surface area contributed by atoms with Gasteiger partial charge in [0.15, 0.2) is 16.7 Å². The third-order valence-electron chi connectivity index (χ3n) is 6.05. The van der Waals surface area contributed by atoms with Gasteiger partial charge in [0.05, 0.1) is 27.8 Å². The summed E-state index contributed by atoms with van der Waals surface area (Å²) in [6, 6.07) is 25.6. The van der Waals surface area contributed by atoms with Gasteiger partial charge in [-0.2, -0.15) is 0 Å². The Bertz CT molecular complexity index is 1670. The van der Waals surface area contributed by atoms with Gasteiger partial charge in [-0.25, -0.2) is 4.99 Å². The van der Waals surface area contributed by atoms with Crippen LogP contribution in [0.5, 0.6) is 11.5 Å². The van der Waals surface area contributed by atoms with Crippen molar-refractivity contribution in [2.24, 2.45) is 4.99 Å². The SMILES string of the molecule is CCOc1cc(/C=C2\SC(=Nc3ccc(Cl)cc3)N(c3ccc(Cl)cc3)C2=O)ccc1OCc1ccc([N+](=O)[O-])cc1. The van der Waals surface area contributed by atoms with E-state index in [0.717, 1.165) is 11.1 Å². The first-order valence-corrected chi connectivity index (χ1v) is 14.3. The van der Waals surface area contributed by atoms with E-state index >= 15 is 0 Å². The van der Waals surface area contributed by atoms with Crippen LogP contribution in [0.2, 0.25) is 10.0 Å². The van der Waals surface area contributed by atoms with Gasteiger partial charge in [-0.1, -0.05) is 29.3 Å². The quantitative estimate of drug-likeness (QED) is 0.106. The van der Waals surface area contributed by atoms with Gasteiger partial charge in [-0.05, 0) is 109 Å². The number of thioether (sulfide) groups is 1. The van der Waals surface area contributed by atoms with Gasteiger partial charge in [0.25, 0.3) is 11.6 Å². The van der Waals surface area contributed by atoms with Crippen molar-refractivity contribution in [2.45, 2.75) is 13.5 Å². The number of anilines is 1. The predicted octanol–water partition coefficient (Wildman–Crippen LogP) is 8.69. The van der Waals surface area contributed by atoms with Gasteiger partial charge in [0.1, 0.15) is 6.61 Å². The highest BCUT2D eigenvalue weighted by Crippen LogP contribution is 2.39. The minimum absolute atomic E-state index is 0.0153. The molecular formula is C31H23Cl2N3O5S. The number of nitro groups is 1. The Kier molecular flexibility index (Phi) is 9.12. The maximum absolute atomic E-state index is 13.7. The number of nitrogens with zero attached hydrogens (tertiary/aromatic N) is 3. The molecule has 1 amide bonds. The normalized spacial score (nSPS) is 14.9. The Morgan fingerprint density at radius 3 is 2.21 bits per heavy atom. The van der Waals surface area contributed by atoms with E-state index in [1.807, 2.05) is 13.0 Å². The van der Waals surface area contributed by atoms with E-state index in [0.29, 0.717) is 49.6 Å². The van der Waals surface area contributed by atoms with Gasteiger partial charge in [-0.15, -0.1) is 0 Å². The van der Waals surface area contributed by atoms with E-state index in [9.17, 15) is 14.9 Å². The second-order valence-corrected chi connectivity index (χ2v) is 10.8. The molecule has 1 saturated heterocycles. The molecule has 1 fully saturated rings. The summed E-state index contributed by atoms with van der Waals surface area (Å²) in [5.74, 6) is 0.788. The van der Waals surface area contributed by atoms with Crippen molar-refractivity contribution in [3.8, 4) is 11.5 Å². The molecule has 1 aliphatic heterocycles. The minimum Gasteiger partial charge on any atom is -0.490 e. The van der Waals surface area contributed by atoms with Crippen LogP contribution in [-0.2, 0) is 11.4 Å². The molecule has 11 heteroatoms. The topological polar surface area (TPSA) is 94.3 Å². The molecule has 0 aromatic heterocycles. The molecule has 5 rings (SSSR count). The number of hydrogen-bond acceptors (Lipinski definition) is 7. The van der Waals surface area contributed by atoms with Gasteiger partial charge in [0.2, 0.25) is 0 Å². The van der Waals surface area contributed by atoms with Gasteiger partial charge in [0, 0.05) is 22.2 Å². The average molecular weight is 621 g/mol. The Morgan fingerprint density at radius 2 is 1.57 bits per heavy atom. The lowest BCUT2D eigenvalue weighted by Gasteiger charge is -2.15. The first-order chi connectivity index (χ1) is 20.3. The lowest BCUT2D eigenvalue weighted by molar-refractivity contribution is -0.384. The van der Waals surface area contributed by atoms with Crippen LogP contribution in [0.15, 0.2) is 101 Å². The Labute approximate surface area is 256 Å². The zero-order chi connectivity index (χ0) is 29.6. The van der Waals surface area contributed by atoms with Crippen molar-refractivity contribution in [3.63, 3.8) is 0 Å². The highest BCUT2D eigenvalue weighted by molar-refractivity contribution is 8.19. The van der Waals surface area contributed by atoms with Crippen LogP contribution < -0.4 is 14.4 Å². The molecule has 0 unspecified atom stereocenters. The summed E-state index contributed by atoms with van der Waals surface area (Å²) in [4.78, 5) is 30.9. The number of ether oxygens (including phenoxy) is 2. The van der Waals surface area contributed by atoms with Crippen molar-refractivity contribution < 1.29 is 19.2 Å². The summed E-state index contributed by atoms with van der Waals surface area (Å²) < 4.78 is 11.8. The third-order valence-corrected chi connectivity index (χ3v) is 7.52. The number of non-ortho nitro benzene ring substituents is 1. The molecule has 1 heterocycles. The van der Waals surface area contributed by atoms with Crippen LogP contribution in [0.1, 0.15) is 18.1 Å². The zero-order valence-electron chi connectivity index (χ0n) is 22.2. The number of rotatable bonds is 9. The first-order valence-electron chi connectivity index (χ1n) is 12.8. The van der Waals surface area contributed by atoms with E-state index in [4.69, 9.17) is 37.7 Å². The number of aliphatic imine (C=N–C) groups is 1. The minimum atomic E-state index is -0.445. The van der Waals surface area contributed by atoms with E-state index in [-0.39, 0.29) is 18.2 Å². The maximum Gasteiger partial charge on any atom is 0.271 e. The predicted molar refractivity (Wildman–Crippen MR) is 168 cm³/mol. The number of benzene rings is 4. The van der Waals surface area contributed by atoms with Gasteiger partial charge in [-0.3, -0.25) is 19.8 Å². The van der Waals surface area contributed by atoms with E-state index in [1.165, 1.54) is 23.9 Å².